The third-order valence-corrected chi connectivity index (χ3v) is 5.08. The van der Waals surface area contributed by atoms with Gasteiger partial charge in [0.2, 0.25) is 0 Å². The van der Waals surface area contributed by atoms with Gasteiger partial charge in [0.15, 0.2) is 0 Å². The number of hydrogen-bond donors (Lipinski definition) is 0. The van der Waals surface area contributed by atoms with Crippen molar-refractivity contribution in [3.8, 4) is 33.6 Å². The number of benzene rings is 3. The summed E-state index contributed by atoms with van der Waals surface area (Å²) in [6.45, 7) is 8.53. The molecule has 0 fully saturated rings. The summed E-state index contributed by atoms with van der Waals surface area (Å²) in [5.74, 6) is 0. The Bertz CT molecular complexity index is 1040. The van der Waals surface area contributed by atoms with Crippen LogP contribution in [0.25, 0.3) is 33.6 Å². The van der Waals surface area contributed by atoms with Gasteiger partial charge in [-0.25, -0.2) is 4.98 Å². The Morgan fingerprint density at radius 2 is 0.786 bits per heavy atom. The third kappa shape index (κ3) is 3.89. The van der Waals surface area contributed by atoms with Crippen LogP contribution in [-0.2, 0) is 0 Å². The Morgan fingerprint density at radius 3 is 1.21 bits per heavy atom. The minimum Gasteiger partial charge on any atom is -0.248 e. The highest BCUT2D eigenvalue weighted by atomic mass is 14.7. The lowest BCUT2D eigenvalue weighted by Gasteiger charge is -2.12. The fraction of sp³-hybridized carbons (Fsp3) is 0.148. The van der Waals surface area contributed by atoms with Gasteiger partial charge in [-0.2, -0.15) is 0 Å². The van der Waals surface area contributed by atoms with E-state index in [1.165, 1.54) is 33.4 Å². The first-order valence-electron chi connectivity index (χ1n) is 9.73. The first kappa shape index (κ1) is 18.2. The maximum absolute atomic E-state index is 5.00. The van der Waals surface area contributed by atoms with Crippen molar-refractivity contribution in [1.82, 2.24) is 4.98 Å². The van der Waals surface area contributed by atoms with E-state index < -0.39 is 0 Å². The summed E-state index contributed by atoms with van der Waals surface area (Å²) in [5.41, 5.74) is 11.8. The third-order valence-electron chi connectivity index (χ3n) is 5.08. The quantitative estimate of drug-likeness (QED) is 0.372. The number of rotatable bonds is 3. The van der Waals surface area contributed by atoms with Crippen molar-refractivity contribution in [3.63, 3.8) is 0 Å². The van der Waals surface area contributed by atoms with Crippen LogP contribution < -0.4 is 0 Å². The van der Waals surface area contributed by atoms with Gasteiger partial charge in [0, 0.05) is 11.1 Å². The van der Waals surface area contributed by atoms with Gasteiger partial charge < -0.3 is 0 Å². The van der Waals surface area contributed by atoms with E-state index in [0.29, 0.717) is 0 Å². The van der Waals surface area contributed by atoms with Gasteiger partial charge >= 0.3 is 0 Å². The molecule has 1 heterocycles. The zero-order chi connectivity index (χ0) is 19.7. The van der Waals surface area contributed by atoms with E-state index in [2.05, 4.69) is 107 Å². The lowest BCUT2D eigenvalue weighted by Crippen LogP contribution is -1.92. The van der Waals surface area contributed by atoms with E-state index >= 15 is 0 Å². The second-order valence-corrected chi connectivity index (χ2v) is 7.73. The number of nitrogens with zero attached hydrogens (tertiary/aromatic N) is 1. The molecule has 1 heteroatoms. The zero-order valence-electron chi connectivity index (χ0n) is 17.0. The summed E-state index contributed by atoms with van der Waals surface area (Å²) in [7, 11) is 0. The van der Waals surface area contributed by atoms with Crippen molar-refractivity contribution in [2.24, 2.45) is 0 Å². The van der Waals surface area contributed by atoms with Crippen molar-refractivity contribution in [1.29, 1.82) is 0 Å². The molecular weight excluding hydrogens is 338 g/mol. The molecule has 1 aromatic heterocycles. The molecule has 0 bridgehead atoms. The van der Waals surface area contributed by atoms with Crippen molar-refractivity contribution in [3.05, 3.63) is 101 Å². The molecule has 4 rings (SSSR count). The van der Waals surface area contributed by atoms with Crippen molar-refractivity contribution < 1.29 is 0 Å². The van der Waals surface area contributed by atoms with Gasteiger partial charge in [0.25, 0.3) is 0 Å². The largest absolute Gasteiger partial charge is 0.248 e. The van der Waals surface area contributed by atoms with Crippen molar-refractivity contribution in [2.45, 2.75) is 27.7 Å². The second-order valence-electron chi connectivity index (χ2n) is 7.73. The Labute approximate surface area is 167 Å². The summed E-state index contributed by atoms with van der Waals surface area (Å²) >= 11 is 0. The van der Waals surface area contributed by atoms with Gasteiger partial charge in [0.1, 0.15) is 0 Å². The highest BCUT2D eigenvalue weighted by molar-refractivity contribution is 5.77. The lowest BCUT2D eigenvalue weighted by atomic mass is 9.97. The molecule has 138 valence electrons. The Balaban J connectivity index is 1.92. The van der Waals surface area contributed by atoms with Crippen LogP contribution in [0.5, 0.6) is 0 Å². The maximum atomic E-state index is 5.00. The SMILES string of the molecule is Cc1ccc(-c2cc(-c3cc(C)cc(C)c3)cc(-c3ccc(C)cc3)n2)cc1. The van der Waals surface area contributed by atoms with E-state index in [1.807, 2.05) is 0 Å². The fourth-order valence-corrected chi connectivity index (χ4v) is 3.58. The number of aryl methyl sites for hydroxylation is 4. The van der Waals surface area contributed by atoms with Gasteiger partial charge in [-0.1, -0.05) is 89.0 Å². The minimum atomic E-state index is 1.01. The molecule has 0 amide bonds. The van der Waals surface area contributed by atoms with Crippen LogP contribution in [0.2, 0.25) is 0 Å². The molecular formula is C27H25N. The summed E-state index contributed by atoms with van der Waals surface area (Å²) < 4.78 is 0. The van der Waals surface area contributed by atoms with E-state index in [9.17, 15) is 0 Å². The first-order valence-corrected chi connectivity index (χ1v) is 9.73. The molecule has 0 atom stereocenters. The normalized spacial score (nSPS) is 10.9. The average molecular weight is 364 g/mol. The van der Waals surface area contributed by atoms with E-state index in [1.54, 1.807) is 0 Å². The molecule has 0 unspecified atom stereocenters. The standard InChI is InChI=1S/C27H25N/c1-18-5-9-22(10-6-18)26-16-25(24-14-20(3)13-21(4)15-24)17-27(28-26)23-11-7-19(2)8-12-23/h5-17H,1-4H3. The molecule has 0 aliphatic rings. The van der Waals surface area contributed by atoms with Gasteiger partial charge in [-0.15, -0.1) is 0 Å². The summed E-state index contributed by atoms with van der Waals surface area (Å²) in [5, 5.41) is 0. The van der Waals surface area contributed by atoms with Crippen molar-refractivity contribution in [2.75, 3.05) is 0 Å². The molecule has 0 radical (unpaired) electrons. The predicted molar refractivity (Wildman–Crippen MR) is 119 cm³/mol. The molecule has 0 aliphatic heterocycles. The maximum Gasteiger partial charge on any atom is 0.0715 e. The monoisotopic (exact) mass is 363 g/mol. The summed E-state index contributed by atoms with van der Waals surface area (Å²) in [4.78, 5) is 5.00. The molecule has 0 aliphatic carbocycles. The number of aromatic nitrogens is 1. The lowest BCUT2D eigenvalue weighted by molar-refractivity contribution is 1.31. The van der Waals surface area contributed by atoms with Crippen LogP contribution in [0.15, 0.2) is 78.9 Å². The van der Waals surface area contributed by atoms with E-state index in [-0.39, 0.29) is 0 Å². The topological polar surface area (TPSA) is 12.9 Å². The predicted octanol–water partition coefficient (Wildman–Crippen LogP) is 7.32. The van der Waals surface area contributed by atoms with E-state index in [4.69, 9.17) is 4.98 Å². The molecule has 0 saturated carbocycles. The fourth-order valence-electron chi connectivity index (χ4n) is 3.58. The van der Waals surface area contributed by atoms with Crippen molar-refractivity contribution >= 4 is 0 Å². The van der Waals surface area contributed by atoms with Crippen LogP contribution in [-0.4, -0.2) is 4.98 Å². The van der Waals surface area contributed by atoms with Gasteiger partial charge in [-0.05, 0) is 51.0 Å². The summed E-state index contributed by atoms with van der Waals surface area (Å²) in [6, 6.07) is 28.3. The smallest absolute Gasteiger partial charge is 0.0715 e. The highest BCUT2D eigenvalue weighted by Gasteiger charge is 2.10. The van der Waals surface area contributed by atoms with Crippen LogP contribution >= 0.6 is 0 Å². The Morgan fingerprint density at radius 1 is 0.393 bits per heavy atom. The van der Waals surface area contributed by atoms with Gasteiger partial charge in [0.05, 0.1) is 11.4 Å². The first-order chi connectivity index (χ1) is 13.5. The van der Waals surface area contributed by atoms with Crippen LogP contribution in [0, 0.1) is 27.7 Å². The second kappa shape index (κ2) is 7.44. The van der Waals surface area contributed by atoms with Crippen LogP contribution in [0.1, 0.15) is 22.3 Å². The Hall–Kier alpha value is -3.19. The van der Waals surface area contributed by atoms with Crippen LogP contribution in [0.4, 0.5) is 0 Å². The Kier molecular flexibility index (Phi) is 4.83. The average Bonchev–Trinajstić information content (AvgIpc) is 2.68. The molecule has 28 heavy (non-hydrogen) atoms. The molecule has 3 aromatic carbocycles. The van der Waals surface area contributed by atoms with E-state index in [0.717, 1.165) is 22.5 Å². The molecule has 0 saturated heterocycles. The summed E-state index contributed by atoms with van der Waals surface area (Å²) in [6.07, 6.45) is 0. The van der Waals surface area contributed by atoms with Gasteiger partial charge in [-0.3, -0.25) is 0 Å². The molecule has 1 nitrogen and oxygen atoms in total. The molecule has 4 aromatic rings. The number of hydrogen-bond acceptors (Lipinski definition) is 1. The van der Waals surface area contributed by atoms with Crippen LogP contribution in [0.3, 0.4) is 0 Å². The number of pyridine rings is 1. The minimum absolute atomic E-state index is 1.01. The molecule has 0 N–H and O–H groups in total. The molecule has 0 spiro atoms. The highest BCUT2D eigenvalue weighted by Crippen LogP contribution is 2.31. The zero-order valence-corrected chi connectivity index (χ0v) is 17.0.